The average Bonchev–Trinajstić information content (AvgIpc) is 3.62. The van der Waals surface area contributed by atoms with Crippen LogP contribution in [0.25, 0.3) is 38.9 Å². The van der Waals surface area contributed by atoms with E-state index in [2.05, 4.69) is 55.7 Å². The first-order valence-corrected chi connectivity index (χ1v) is 16.1. The Balaban J connectivity index is 0.00000406. The molecule has 4 aromatic carbocycles. The van der Waals surface area contributed by atoms with E-state index in [0.29, 0.717) is 22.7 Å². The maximum atomic E-state index is 13.4. The summed E-state index contributed by atoms with van der Waals surface area (Å²) < 4.78 is 48.7. The molecule has 0 aliphatic carbocycles. The first-order chi connectivity index (χ1) is 23.9. The Labute approximate surface area is 308 Å². The van der Waals surface area contributed by atoms with E-state index in [-0.39, 0.29) is 32.4 Å². The van der Waals surface area contributed by atoms with Crippen molar-refractivity contribution in [3.8, 4) is 28.7 Å². The third-order valence-electron chi connectivity index (χ3n) is 8.91. The summed E-state index contributed by atoms with van der Waals surface area (Å²) in [5.74, 6) is 1.31. The summed E-state index contributed by atoms with van der Waals surface area (Å²) in [6.45, 7) is 8.43. The van der Waals surface area contributed by atoms with E-state index in [4.69, 9.17) is 14.7 Å². The molecule has 0 unspecified atom stereocenters. The molecule has 10 heteroatoms. The van der Waals surface area contributed by atoms with Gasteiger partial charge in [0.25, 0.3) is 0 Å². The molecule has 1 aliphatic heterocycles. The van der Waals surface area contributed by atoms with Crippen molar-refractivity contribution in [1.29, 1.82) is 0 Å². The van der Waals surface area contributed by atoms with E-state index >= 15 is 0 Å². The van der Waals surface area contributed by atoms with E-state index in [1.807, 2.05) is 84.3 Å². The van der Waals surface area contributed by atoms with Gasteiger partial charge >= 0.3 is 6.18 Å². The minimum Gasteiger partial charge on any atom is -0.504 e. The topological polar surface area (TPSA) is 46.4 Å². The van der Waals surface area contributed by atoms with Gasteiger partial charge < -0.3 is 19.1 Å². The number of aromatic nitrogens is 3. The molecule has 0 radical (unpaired) electrons. The molecule has 260 valence electrons. The average molecular weight is 862 g/mol. The van der Waals surface area contributed by atoms with Crippen molar-refractivity contribution in [2.45, 2.75) is 32.4 Å². The number of anilines is 3. The molecule has 0 bridgehead atoms. The first kappa shape index (κ1) is 34.3. The van der Waals surface area contributed by atoms with Crippen molar-refractivity contribution in [3.05, 3.63) is 139 Å². The molecule has 0 saturated heterocycles. The number of hydrogen-bond acceptors (Lipinski definition) is 5. The molecule has 0 atom stereocenters. The van der Waals surface area contributed by atoms with Crippen LogP contribution in [0, 0.1) is 18.8 Å². The largest absolute Gasteiger partial charge is 0.504 e. The number of ether oxygens (including phenoxy) is 1. The normalized spacial score (nSPS) is 13.1. The van der Waals surface area contributed by atoms with Crippen LogP contribution in [0.1, 0.15) is 31.9 Å². The number of nitrogens with zero attached hydrogens (tertiary/aromatic N) is 5. The van der Waals surface area contributed by atoms with Crippen LogP contribution in [0.4, 0.5) is 30.2 Å². The van der Waals surface area contributed by atoms with Crippen molar-refractivity contribution in [3.63, 3.8) is 0 Å². The monoisotopic (exact) mass is 861 g/mol. The molecule has 3 aromatic heterocycles. The van der Waals surface area contributed by atoms with Crippen LogP contribution in [0.5, 0.6) is 11.6 Å². The number of fused-ring (bicyclic) bond motifs is 4. The van der Waals surface area contributed by atoms with Gasteiger partial charge in [0, 0.05) is 49.9 Å². The van der Waals surface area contributed by atoms with Crippen LogP contribution >= 0.6 is 0 Å². The van der Waals surface area contributed by atoms with E-state index < -0.39 is 11.7 Å². The summed E-state index contributed by atoms with van der Waals surface area (Å²) in [5.41, 5.74) is 5.57. The standard InChI is InChI=1S/C41H31F3N5O.Pt/c1-40(2,3)28-19-20-45-38(21-28)49-34-10-6-5-9-31(34)32-18-17-30(24-37(32)49)50-39-23-29(48-25-47(4)35-11-7-8-12-36(35)48)22-33(46-39)26-13-15-27(16-14-26)41(42,43)44;/h5-22,25H,1-4H3;/q-3;. The third kappa shape index (κ3) is 6.36. The molecule has 0 fully saturated rings. The van der Waals surface area contributed by atoms with Crippen molar-refractivity contribution in [2.75, 3.05) is 16.8 Å². The SMILES string of the molecule is CN1[CH-]N(c2[c-]c(Oc3[c-]c4c(cc3)c3ccccc3n4-c3cc(C(C)(C)C)ccn3)nc(-c3ccc(C(F)(F)F)cc3)c2)c2ccccc21.[Pt]. The van der Waals surface area contributed by atoms with Crippen LogP contribution < -0.4 is 14.5 Å². The van der Waals surface area contributed by atoms with Crippen LogP contribution in [0.15, 0.2) is 109 Å². The molecule has 1 aliphatic rings. The maximum Gasteiger partial charge on any atom is 0.416 e. The van der Waals surface area contributed by atoms with Gasteiger partial charge in [0.2, 0.25) is 0 Å². The predicted octanol–water partition coefficient (Wildman–Crippen LogP) is 10.7. The number of alkyl halides is 3. The van der Waals surface area contributed by atoms with Crippen molar-refractivity contribution in [2.24, 2.45) is 0 Å². The van der Waals surface area contributed by atoms with Gasteiger partial charge in [-0.15, -0.1) is 17.5 Å². The Morgan fingerprint density at radius 2 is 1.49 bits per heavy atom. The number of pyridine rings is 2. The van der Waals surface area contributed by atoms with Crippen LogP contribution in [0.2, 0.25) is 0 Å². The Bertz CT molecular complexity index is 2400. The van der Waals surface area contributed by atoms with Crippen molar-refractivity contribution < 1.29 is 39.0 Å². The molecule has 0 saturated carbocycles. The number of rotatable bonds is 5. The molecule has 0 amide bonds. The van der Waals surface area contributed by atoms with Gasteiger partial charge in [-0.05, 0) is 77.1 Å². The maximum absolute atomic E-state index is 13.4. The Kier molecular flexibility index (Phi) is 8.66. The van der Waals surface area contributed by atoms with E-state index in [1.165, 1.54) is 12.1 Å². The van der Waals surface area contributed by atoms with Gasteiger partial charge in [0.05, 0.1) is 5.56 Å². The van der Waals surface area contributed by atoms with Gasteiger partial charge in [-0.25, -0.2) is 4.98 Å². The van der Waals surface area contributed by atoms with Gasteiger partial charge in [-0.2, -0.15) is 43.7 Å². The summed E-state index contributed by atoms with van der Waals surface area (Å²) in [6.07, 6.45) is -2.62. The number of halogens is 3. The fraction of sp³-hybridized carbons (Fsp3) is 0.146. The quantitative estimate of drug-likeness (QED) is 0.161. The summed E-state index contributed by atoms with van der Waals surface area (Å²) in [4.78, 5) is 13.4. The van der Waals surface area contributed by atoms with Crippen LogP contribution in [-0.4, -0.2) is 21.6 Å². The molecule has 0 N–H and O–H groups in total. The third-order valence-corrected chi connectivity index (χ3v) is 8.91. The number of benzene rings is 4. The second-order valence-corrected chi connectivity index (χ2v) is 13.3. The van der Waals surface area contributed by atoms with Crippen molar-refractivity contribution in [1.82, 2.24) is 14.5 Å². The molecule has 4 heterocycles. The van der Waals surface area contributed by atoms with Gasteiger partial charge in [-0.3, -0.25) is 4.98 Å². The summed E-state index contributed by atoms with van der Waals surface area (Å²) in [6, 6.07) is 37.5. The molecule has 7 aromatic rings. The van der Waals surface area contributed by atoms with Crippen LogP contribution in [0.3, 0.4) is 0 Å². The zero-order valence-corrected chi connectivity index (χ0v) is 30.3. The number of hydrogen-bond donors (Lipinski definition) is 0. The fourth-order valence-corrected chi connectivity index (χ4v) is 6.34. The second kappa shape index (κ2) is 12.9. The molecule has 51 heavy (non-hydrogen) atoms. The smallest absolute Gasteiger partial charge is 0.416 e. The van der Waals surface area contributed by atoms with E-state index in [1.54, 1.807) is 6.07 Å². The second-order valence-electron chi connectivity index (χ2n) is 13.3. The predicted molar refractivity (Wildman–Crippen MR) is 191 cm³/mol. The Morgan fingerprint density at radius 1 is 0.765 bits per heavy atom. The summed E-state index contributed by atoms with van der Waals surface area (Å²) >= 11 is 0. The minimum absolute atomic E-state index is 0. The molecule has 0 spiro atoms. The zero-order valence-electron chi connectivity index (χ0n) is 28.1. The molecule has 8 rings (SSSR count). The van der Waals surface area contributed by atoms with Crippen molar-refractivity contribution >= 4 is 38.9 Å². The minimum atomic E-state index is -4.45. The fourth-order valence-electron chi connectivity index (χ4n) is 6.34. The zero-order chi connectivity index (χ0) is 34.8. The van der Waals surface area contributed by atoms with Crippen LogP contribution in [-0.2, 0) is 32.7 Å². The summed E-state index contributed by atoms with van der Waals surface area (Å²) in [7, 11) is 1.95. The number of para-hydroxylation sites is 3. The Hall–Kier alpha value is -5.14. The van der Waals surface area contributed by atoms with Gasteiger partial charge in [0.1, 0.15) is 11.7 Å². The molecular formula is C41H31F3N5OPt-3. The first-order valence-electron chi connectivity index (χ1n) is 16.1. The summed E-state index contributed by atoms with van der Waals surface area (Å²) in [5, 5.41) is 2.04. The molecule has 6 nitrogen and oxygen atoms in total. The molecular weight excluding hydrogens is 831 g/mol. The van der Waals surface area contributed by atoms with Gasteiger partial charge in [-0.1, -0.05) is 68.8 Å². The Morgan fingerprint density at radius 3 is 2.24 bits per heavy atom. The van der Waals surface area contributed by atoms with E-state index in [9.17, 15) is 13.2 Å². The van der Waals surface area contributed by atoms with Gasteiger partial charge in [0.15, 0.2) is 0 Å². The van der Waals surface area contributed by atoms with E-state index in [0.717, 1.165) is 56.7 Å².